The number of hydrogen-bond donors (Lipinski definition) is 1. The summed E-state index contributed by atoms with van der Waals surface area (Å²) in [7, 11) is 0. The molecule has 33 heavy (non-hydrogen) atoms. The smallest absolute Gasteiger partial charge is 0.257 e. The third kappa shape index (κ3) is 7.18. The van der Waals surface area contributed by atoms with Crippen molar-refractivity contribution in [2.24, 2.45) is 0 Å². The highest BCUT2D eigenvalue weighted by molar-refractivity contribution is 5.77. The number of hydrogen-bond acceptors (Lipinski definition) is 7. The number of carbonyl (C=O) groups excluding carboxylic acids is 1. The molecule has 8 nitrogen and oxygen atoms in total. The molecule has 0 spiro atoms. The minimum absolute atomic E-state index is 0.00532. The Labute approximate surface area is 194 Å². The van der Waals surface area contributed by atoms with Gasteiger partial charge in [0.05, 0.1) is 0 Å². The monoisotopic (exact) mass is 447 g/mol. The lowest BCUT2D eigenvalue weighted by atomic mass is 10.3. The van der Waals surface area contributed by atoms with Crippen molar-refractivity contribution in [2.45, 2.75) is 6.42 Å². The molecule has 1 saturated heterocycles. The first-order chi connectivity index (χ1) is 16.3. The van der Waals surface area contributed by atoms with Gasteiger partial charge in [0.1, 0.15) is 17.2 Å². The van der Waals surface area contributed by atoms with Gasteiger partial charge in [-0.25, -0.2) is 9.97 Å². The van der Waals surface area contributed by atoms with Crippen molar-refractivity contribution < 1.29 is 14.3 Å². The largest absolute Gasteiger partial charge is 0.484 e. The summed E-state index contributed by atoms with van der Waals surface area (Å²) < 4.78 is 11.3. The molecule has 3 aromatic rings. The van der Waals surface area contributed by atoms with E-state index < -0.39 is 0 Å². The Hall–Kier alpha value is -3.65. The SMILES string of the molecule is O=C(COc1ccc(Oc2ccccc2)cc1)NCCCN1CCN(c2ncccn2)CC1. The van der Waals surface area contributed by atoms with Crippen molar-refractivity contribution in [1.82, 2.24) is 20.2 Å². The van der Waals surface area contributed by atoms with Gasteiger partial charge < -0.3 is 19.7 Å². The van der Waals surface area contributed by atoms with Crippen LogP contribution in [0.2, 0.25) is 0 Å². The third-order valence-electron chi connectivity index (χ3n) is 5.35. The summed E-state index contributed by atoms with van der Waals surface area (Å²) >= 11 is 0. The maximum atomic E-state index is 12.1. The zero-order valence-corrected chi connectivity index (χ0v) is 18.6. The van der Waals surface area contributed by atoms with Gasteiger partial charge in [0.15, 0.2) is 6.61 Å². The van der Waals surface area contributed by atoms with Gasteiger partial charge in [-0.1, -0.05) is 18.2 Å². The van der Waals surface area contributed by atoms with Gasteiger partial charge in [0.2, 0.25) is 5.95 Å². The molecule has 1 amide bonds. The number of para-hydroxylation sites is 1. The molecule has 2 aromatic carbocycles. The van der Waals surface area contributed by atoms with E-state index in [9.17, 15) is 4.79 Å². The zero-order chi connectivity index (χ0) is 22.7. The second-order valence-electron chi connectivity index (χ2n) is 7.76. The molecule has 2 heterocycles. The Morgan fingerprint density at radius 1 is 0.848 bits per heavy atom. The van der Waals surface area contributed by atoms with E-state index in [1.165, 1.54) is 0 Å². The molecular formula is C25H29N5O3. The number of amides is 1. The molecule has 0 radical (unpaired) electrons. The Kier molecular flexibility index (Phi) is 8.08. The molecule has 1 aromatic heterocycles. The molecule has 1 aliphatic heterocycles. The van der Waals surface area contributed by atoms with E-state index in [1.54, 1.807) is 24.5 Å². The van der Waals surface area contributed by atoms with Gasteiger partial charge in [-0.15, -0.1) is 0 Å². The van der Waals surface area contributed by atoms with Crippen molar-refractivity contribution in [3.63, 3.8) is 0 Å². The van der Waals surface area contributed by atoms with Crippen LogP contribution in [0.3, 0.4) is 0 Å². The Morgan fingerprint density at radius 3 is 2.24 bits per heavy atom. The van der Waals surface area contributed by atoms with E-state index in [-0.39, 0.29) is 12.5 Å². The maximum Gasteiger partial charge on any atom is 0.257 e. The summed E-state index contributed by atoms with van der Waals surface area (Å²) in [5.74, 6) is 2.80. The zero-order valence-electron chi connectivity index (χ0n) is 18.6. The van der Waals surface area contributed by atoms with Gasteiger partial charge in [-0.2, -0.15) is 0 Å². The predicted molar refractivity (Wildman–Crippen MR) is 127 cm³/mol. The number of nitrogens with one attached hydrogen (secondary N) is 1. The minimum atomic E-state index is -0.120. The fraction of sp³-hybridized carbons (Fsp3) is 0.320. The highest BCUT2D eigenvalue weighted by atomic mass is 16.5. The average Bonchev–Trinajstić information content (AvgIpc) is 2.88. The molecular weight excluding hydrogens is 418 g/mol. The average molecular weight is 448 g/mol. The summed E-state index contributed by atoms with van der Waals surface area (Å²) in [6.45, 7) is 5.35. The van der Waals surface area contributed by atoms with Crippen molar-refractivity contribution >= 4 is 11.9 Å². The number of benzene rings is 2. The van der Waals surface area contributed by atoms with Crippen LogP contribution < -0.4 is 19.7 Å². The molecule has 172 valence electrons. The molecule has 8 heteroatoms. The highest BCUT2D eigenvalue weighted by Gasteiger charge is 2.18. The lowest BCUT2D eigenvalue weighted by molar-refractivity contribution is -0.123. The number of anilines is 1. The first-order valence-electron chi connectivity index (χ1n) is 11.2. The molecule has 1 aliphatic rings. The van der Waals surface area contributed by atoms with Crippen molar-refractivity contribution in [3.8, 4) is 17.2 Å². The number of piperazine rings is 1. The molecule has 0 saturated carbocycles. The van der Waals surface area contributed by atoms with Crippen molar-refractivity contribution in [1.29, 1.82) is 0 Å². The number of aromatic nitrogens is 2. The lowest BCUT2D eigenvalue weighted by Crippen LogP contribution is -2.47. The Balaban J connectivity index is 1.08. The fourth-order valence-electron chi connectivity index (χ4n) is 3.58. The van der Waals surface area contributed by atoms with Crippen LogP contribution in [0, 0.1) is 0 Å². The minimum Gasteiger partial charge on any atom is -0.484 e. The molecule has 1 N–H and O–H groups in total. The van der Waals surface area contributed by atoms with Crippen LogP contribution in [0.1, 0.15) is 6.42 Å². The number of ether oxygens (including phenoxy) is 2. The molecule has 0 unspecified atom stereocenters. The van der Waals surface area contributed by atoms with Crippen LogP contribution in [-0.4, -0.2) is 66.7 Å². The van der Waals surface area contributed by atoms with E-state index in [4.69, 9.17) is 9.47 Å². The summed E-state index contributed by atoms with van der Waals surface area (Å²) in [5.41, 5.74) is 0. The summed E-state index contributed by atoms with van der Waals surface area (Å²) in [6.07, 6.45) is 4.45. The summed E-state index contributed by atoms with van der Waals surface area (Å²) in [6, 6.07) is 18.7. The van der Waals surface area contributed by atoms with Crippen LogP contribution in [0.4, 0.5) is 5.95 Å². The molecule has 0 aliphatic carbocycles. The van der Waals surface area contributed by atoms with Gasteiger partial charge in [-0.05, 0) is 55.4 Å². The van der Waals surface area contributed by atoms with Crippen molar-refractivity contribution in [2.75, 3.05) is 50.8 Å². The lowest BCUT2D eigenvalue weighted by Gasteiger charge is -2.34. The standard InChI is InChI=1S/C25H29N5O3/c31-24(20-32-21-8-10-23(11-9-21)33-22-6-2-1-3-7-22)26-14-5-15-29-16-18-30(19-17-29)25-27-12-4-13-28-25/h1-4,6-13H,5,14-20H2,(H,26,31). The van der Waals surface area contributed by atoms with Crippen LogP contribution >= 0.6 is 0 Å². The number of carbonyl (C=O) groups is 1. The van der Waals surface area contributed by atoms with Crippen molar-refractivity contribution in [3.05, 3.63) is 73.1 Å². The van der Waals surface area contributed by atoms with Gasteiger partial charge in [0, 0.05) is 45.1 Å². The second kappa shape index (κ2) is 11.8. The number of nitrogens with zero attached hydrogens (tertiary/aromatic N) is 4. The Bertz CT molecular complexity index is 978. The molecule has 4 rings (SSSR count). The van der Waals surface area contributed by atoms with E-state index >= 15 is 0 Å². The van der Waals surface area contributed by atoms with E-state index in [0.717, 1.165) is 56.6 Å². The maximum absolute atomic E-state index is 12.1. The molecule has 1 fully saturated rings. The van der Waals surface area contributed by atoms with Crippen LogP contribution in [0.5, 0.6) is 17.2 Å². The summed E-state index contributed by atoms with van der Waals surface area (Å²) in [5, 5.41) is 2.93. The van der Waals surface area contributed by atoms with E-state index in [1.807, 2.05) is 48.5 Å². The molecule has 0 atom stereocenters. The molecule has 0 bridgehead atoms. The van der Waals surface area contributed by atoms with E-state index in [0.29, 0.717) is 12.3 Å². The second-order valence-corrected chi connectivity index (χ2v) is 7.76. The quantitative estimate of drug-likeness (QED) is 0.479. The normalized spacial score (nSPS) is 14.0. The first kappa shape index (κ1) is 22.5. The topological polar surface area (TPSA) is 79.8 Å². The Morgan fingerprint density at radius 2 is 1.52 bits per heavy atom. The predicted octanol–water partition coefficient (Wildman–Crippen LogP) is 2.98. The highest BCUT2D eigenvalue weighted by Crippen LogP contribution is 2.23. The van der Waals surface area contributed by atoms with Crippen LogP contribution in [0.25, 0.3) is 0 Å². The van der Waals surface area contributed by atoms with Crippen LogP contribution in [0.15, 0.2) is 73.1 Å². The summed E-state index contributed by atoms with van der Waals surface area (Å²) in [4.78, 5) is 25.3. The third-order valence-corrected chi connectivity index (χ3v) is 5.35. The fourth-order valence-corrected chi connectivity index (χ4v) is 3.58. The van der Waals surface area contributed by atoms with Crippen LogP contribution in [-0.2, 0) is 4.79 Å². The van der Waals surface area contributed by atoms with Gasteiger partial charge >= 0.3 is 0 Å². The van der Waals surface area contributed by atoms with Gasteiger partial charge in [-0.3, -0.25) is 9.69 Å². The first-order valence-corrected chi connectivity index (χ1v) is 11.2. The van der Waals surface area contributed by atoms with E-state index in [2.05, 4.69) is 25.1 Å². The number of rotatable bonds is 10. The van der Waals surface area contributed by atoms with Gasteiger partial charge in [0.25, 0.3) is 5.91 Å².